The van der Waals surface area contributed by atoms with Crippen LogP contribution >= 0.6 is 0 Å². The number of hydrogen-bond acceptors (Lipinski definition) is 6. The molecule has 0 atom stereocenters. The van der Waals surface area contributed by atoms with Crippen molar-refractivity contribution >= 4 is 21.8 Å². The lowest BCUT2D eigenvalue weighted by Gasteiger charge is -2.32. The SMILES string of the molecule is COc1ccccc1CC(=O)N1CCC(NC(=O)c2ccc(S(=O)(=O)NC(C)(C)C)o2)CC1. The number of carbonyl (C=O) groups is 2. The molecule has 2 amide bonds. The van der Waals surface area contributed by atoms with E-state index in [0.29, 0.717) is 31.7 Å². The van der Waals surface area contributed by atoms with Crippen LogP contribution in [0, 0.1) is 0 Å². The molecule has 0 spiro atoms. The number of para-hydroxylation sites is 1. The minimum atomic E-state index is -3.86. The summed E-state index contributed by atoms with van der Waals surface area (Å²) in [6.07, 6.45) is 1.45. The Morgan fingerprint density at radius 2 is 1.79 bits per heavy atom. The van der Waals surface area contributed by atoms with Crippen LogP contribution in [0.25, 0.3) is 0 Å². The number of methoxy groups -OCH3 is 1. The molecule has 0 bridgehead atoms. The van der Waals surface area contributed by atoms with Gasteiger partial charge in [-0.1, -0.05) is 18.2 Å². The van der Waals surface area contributed by atoms with Crippen LogP contribution in [0.1, 0.15) is 49.7 Å². The summed E-state index contributed by atoms with van der Waals surface area (Å²) in [5, 5.41) is 2.56. The number of hydrogen-bond donors (Lipinski definition) is 2. The van der Waals surface area contributed by atoms with Gasteiger partial charge in [-0.25, -0.2) is 13.1 Å². The molecule has 1 aromatic heterocycles. The molecule has 1 aliphatic heterocycles. The third-order valence-electron chi connectivity index (χ3n) is 5.23. The number of likely N-dealkylation sites (tertiary alicyclic amines) is 1. The molecule has 9 nitrogen and oxygen atoms in total. The number of piperidine rings is 1. The van der Waals surface area contributed by atoms with Crippen LogP contribution in [-0.4, -0.2) is 56.9 Å². The maximum Gasteiger partial charge on any atom is 0.287 e. The van der Waals surface area contributed by atoms with Gasteiger partial charge in [-0.15, -0.1) is 0 Å². The standard InChI is InChI=1S/C23H31N3O6S/c1-23(2,3)25-33(29,30)21-10-9-19(32-21)22(28)24-17-11-13-26(14-12-17)20(27)15-16-7-5-6-8-18(16)31-4/h5-10,17,25H,11-15H2,1-4H3,(H,24,28). The first kappa shape index (κ1) is 24.8. The fraction of sp³-hybridized carbons (Fsp3) is 0.478. The predicted molar refractivity (Wildman–Crippen MR) is 123 cm³/mol. The van der Waals surface area contributed by atoms with Crippen molar-refractivity contribution in [3.63, 3.8) is 0 Å². The van der Waals surface area contributed by atoms with Gasteiger partial charge in [-0.2, -0.15) is 0 Å². The lowest BCUT2D eigenvalue weighted by atomic mass is 10.0. The van der Waals surface area contributed by atoms with Crippen LogP contribution in [-0.2, 0) is 21.2 Å². The minimum absolute atomic E-state index is 0.0107. The van der Waals surface area contributed by atoms with Gasteiger partial charge in [-0.05, 0) is 51.8 Å². The number of nitrogens with zero attached hydrogens (tertiary/aromatic N) is 1. The molecule has 33 heavy (non-hydrogen) atoms. The molecule has 0 saturated carbocycles. The van der Waals surface area contributed by atoms with Crippen LogP contribution in [0.5, 0.6) is 5.75 Å². The summed E-state index contributed by atoms with van der Waals surface area (Å²) in [5.74, 6) is 0.145. The van der Waals surface area contributed by atoms with E-state index in [4.69, 9.17) is 9.15 Å². The summed E-state index contributed by atoms with van der Waals surface area (Å²) < 4.78 is 37.8. The third kappa shape index (κ3) is 6.58. The maximum absolute atomic E-state index is 12.7. The number of sulfonamides is 1. The van der Waals surface area contributed by atoms with Gasteiger partial charge in [0.1, 0.15) is 5.75 Å². The molecule has 2 N–H and O–H groups in total. The van der Waals surface area contributed by atoms with Crippen LogP contribution in [0.15, 0.2) is 45.9 Å². The average molecular weight is 478 g/mol. The molecule has 1 saturated heterocycles. The number of furan rings is 1. The first-order valence-electron chi connectivity index (χ1n) is 10.8. The van der Waals surface area contributed by atoms with E-state index in [1.54, 1.807) is 32.8 Å². The molecule has 1 fully saturated rings. The fourth-order valence-corrected chi connectivity index (χ4v) is 5.05. The molecule has 0 radical (unpaired) electrons. The van der Waals surface area contributed by atoms with E-state index < -0.39 is 21.5 Å². The average Bonchev–Trinajstić information content (AvgIpc) is 3.24. The van der Waals surface area contributed by atoms with Gasteiger partial charge in [0, 0.05) is 30.2 Å². The Morgan fingerprint density at radius 1 is 1.12 bits per heavy atom. The Morgan fingerprint density at radius 3 is 2.42 bits per heavy atom. The zero-order valence-electron chi connectivity index (χ0n) is 19.4. The monoisotopic (exact) mass is 477 g/mol. The van der Waals surface area contributed by atoms with E-state index in [9.17, 15) is 18.0 Å². The highest BCUT2D eigenvalue weighted by atomic mass is 32.2. The molecule has 0 unspecified atom stereocenters. The van der Waals surface area contributed by atoms with Crippen molar-refractivity contribution in [2.75, 3.05) is 20.2 Å². The summed E-state index contributed by atoms with van der Waals surface area (Å²) in [6, 6.07) is 9.91. The molecule has 0 aliphatic carbocycles. The lowest BCUT2D eigenvalue weighted by Crippen LogP contribution is -2.46. The molecule has 2 aromatic rings. The zero-order valence-corrected chi connectivity index (χ0v) is 20.2. The molecule has 2 heterocycles. The number of ether oxygens (including phenoxy) is 1. The van der Waals surface area contributed by atoms with Crippen LogP contribution in [0.4, 0.5) is 0 Å². The molecule has 10 heteroatoms. The van der Waals surface area contributed by atoms with Crippen molar-refractivity contribution in [3.05, 3.63) is 47.7 Å². The quantitative estimate of drug-likeness (QED) is 0.632. The topological polar surface area (TPSA) is 118 Å². The van der Waals surface area contributed by atoms with Crippen molar-refractivity contribution in [2.45, 2.75) is 56.7 Å². The van der Waals surface area contributed by atoms with E-state index in [1.807, 2.05) is 24.3 Å². The van der Waals surface area contributed by atoms with Gasteiger partial charge in [0.25, 0.3) is 15.9 Å². The molecule has 1 aromatic carbocycles. The van der Waals surface area contributed by atoms with Crippen molar-refractivity contribution in [1.29, 1.82) is 0 Å². The number of carbonyl (C=O) groups excluding carboxylic acids is 2. The number of benzene rings is 1. The van der Waals surface area contributed by atoms with Crippen LogP contribution < -0.4 is 14.8 Å². The Labute approximate surface area is 194 Å². The van der Waals surface area contributed by atoms with E-state index in [2.05, 4.69) is 10.0 Å². The Bertz CT molecular complexity index is 1100. The summed E-state index contributed by atoms with van der Waals surface area (Å²) >= 11 is 0. The highest BCUT2D eigenvalue weighted by molar-refractivity contribution is 7.89. The van der Waals surface area contributed by atoms with Gasteiger partial charge in [0.2, 0.25) is 11.0 Å². The van der Waals surface area contributed by atoms with E-state index in [1.165, 1.54) is 12.1 Å². The third-order valence-corrected chi connectivity index (χ3v) is 6.86. The second-order valence-electron chi connectivity index (χ2n) is 9.09. The van der Waals surface area contributed by atoms with E-state index >= 15 is 0 Å². The van der Waals surface area contributed by atoms with Gasteiger partial charge in [-0.3, -0.25) is 9.59 Å². The first-order valence-corrected chi connectivity index (χ1v) is 12.3. The second kappa shape index (κ2) is 9.96. The van der Waals surface area contributed by atoms with Crippen LogP contribution in [0.2, 0.25) is 0 Å². The minimum Gasteiger partial charge on any atom is -0.496 e. The van der Waals surface area contributed by atoms with Crippen molar-refractivity contribution in [1.82, 2.24) is 14.9 Å². The number of rotatable bonds is 7. The number of nitrogens with one attached hydrogen (secondary N) is 2. The smallest absolute Gasteiger partial charge is 0.287 e. The highest BCUT2D eigenvalue weighted by Crippen LogP contribution is 2.21. The second-order valence-corrected chi connectivity index (χ2v) is 10.7. The largest absolute Gasteiger partial charge is 0.496 e. The molecule has 3 rings (SSSR count). The van der Waals surface area contributed by atoms with Crippen LogP contribution in [0.3, 0.4) is 0 Å². The summed E-state index contributed by atoms with van der Waals surface area (Å²) in [4.78, 5) is 27.0. The Hall–Kier alpha value is -2.85. The molecular weight excluding hydrogens is 446 g/mol. The lowest BCUT2D eigenvalue weighted by molar-refractivity contribution is -0.131. The Kier molecular flexibility index (Phi) is 7.48. The summed E-state index contributed by atoms with van der Waals surface area (Å²) in [7, 11) is -2.28. The molecular formula is C23H31N3O6S. The van der Waals surface area contributed by atoms with E-state index in [0.717, 1.165) is 5.56 Å². The van der Waals surface area contributed by atoms with Crippen molar-refractivity contribution in [2.24, 2.45) is 0 Å². The van der Waals surface area contributed by atoms with Crippen molar-refractivity contribution in [3.8, 4) is 5.75 Å². The summed E-state index contributed by atoms with van der Waals surface area (Å²) in [5.41, 5.74) is 0.162. The number of amides is 2. The van der Waals surface area contributed by atoms with E-state index in [-0.39, 0.29) is 29.2 Å². The van der Waals surface area contributed by atoms with Gasteiger partial charge >= 0.3 is 0 Å². The van der Waals surface area contributed by atoms with Gasteiger partial charge < -0.3 is 19.4 Å². The normalized spacial score (nSPS) is 15.3. The molecule has 1 aliphatic rings. The maximum atomic E-state index is 12.7. The molecule has 180 valence electrons. The van der Waals surface area contributed by atoms with Crippen molar-refractivity contribution < 1.29 is 27.2 Å². The fourth-order valence-electron chi connectivity index (χ4n) is 3.69. The summed E-state index contributed by atoms with van der Waals surface area (Å²) in [6.45, 7) is 6.19. The predicted octanol–water partition coefficient (Wildman–Crippen LogP) is 2.33. The Balaban J connectivity index is 1.52. The first-order chi connectivity index (χ1) is 15.5. The zero-order chi connectivity index (χ0) is 24.2. The highest BCUT2D eigenvalue weighted by Gasteiger charge is 2.28. The van der Waals surface area contributed by atoms with Gasteiger partial charge in [0.15, 0.2) is 5.76 Å². The van der Waals surface area contributed by atoms with Gasteiger partial charge in [0.05, 0.1) is 13.5 Å².